The van der Waals surface area contributed by atoms with Gasteiger partial charge in [0, 0.05) is 51.4 Å². The van der Waals surface area contributed by atoms with Crippen LogP contribution in [0.25, 0.3) is 0 Å². The smallest absolute Gasteiger partial charge is 0.225 e. The molecule has 6 heteroatoms. The number of piperidine rings is 2. The van der Waals surface area contributed by atoms with Gasteiger partial charge in [0.25, 0.3) is 0 Å². The molecule has 160 valence electrons. The summed E-state index contributed by atoms with van der Waals surface area (Å²) in [6.07, 6.45) is 9.01. The standard InChI is InChI=1S/C24H32FN5/c1-28(2)23-26-16-18-8-12-24(22(18)27-23)11-5-13-30(17-24)19-9-14-29(15-10-19)21-7-4-3-6-20(21)25/h3-4,6-7,16,19H,5,8-15,17H2,1-2H3. The van der Waals surface area contributed by atoms with Gasteiger partial charge in [0.1, 0.15) is 5.82 Å². The minimum atomic E-state index is -0.105. The van der Waals surface area contributed by atoms with Gasteiger partial charge >= 0.3 is 0 Å². The van der Waals surface area contributed by atoms with Crippen LogP contribution in [0.5, 0.6) is 0 Å². The molecule has 0 amide bonds. The summed E-state index contributed by atoms with van der Waals surface area (Å²) < 4.78 is 14.2. The molecule has 0 bridgehead atoms. The number of nitrogens with zero attached hydrogens (tertiary/aromatic N) is 5. The van der Waals surface area contributed by atoms with Crippen molar-refractivity contribution in [2.45, 2.75) is 50.0 Å². The molecule has 2 saturated heterocycles. The Hall–Kier alpha value is -2.21. The Morgan fingerprint density at radius 1 is 1.10 bits per heavy atom. The van der Waals surface area contributed by atoms with Crippen LogP contribution in [0.2, 0.25) is 0 Å². The number of hydrogen-bond donors (Lipinski definition) is 0. The second kappa shape index (κ2) is 7.80. The fourth-order valence-corrected chi connectivity index (χ4v) is 5.80. The van der Waals surface area contributed by atoms with E-state index in [0.717, 1.165) is 50.5 Å². The predicted molar refractivity (Wildman–Crippen MR) is 119 cm³/mol. The first-order valence-corrected chi connectivity index (χ1v) is 11.3. The minimum Gasteiger partial charge on any atom is -0.369 e. The van der Waals surface area contributed by atoms with Crippen LogP contribution in [0.3, 0.4) is 0 Å². The van der Waals surface area contributed by atoms with E-state index in [0.29, 0.717) is 6.04 Å². The first-order valence-electron chi connectivity index (χ1n) is 11.3. The number of rotatable bonds is 3. The molecule has 5 rings (SSSR count). The van der Waals surface area contributed by atoms with Crippen molar-refractivity contribution in [3.63, 3.8) is 0 Å². The lowest BCUT2D eigenvalue weighted by molar-refractivity contribution is 0.0861. The Labute approximate surface area is 178 Å². The average Bonchev–Trinajstić information content (AvgIpc) is 3.11. The first kappa shape index (κ1) is 19.7. The maximum Gasteiger partial charge on any atom is 0.225 e. The van der Waals surface area contributed by atoms with E-state index >= 15 is 0 Å². The highest BCUT2D eigenvalue weighted by Gasteiger charge is 2.45. The van der Waals surface area contributed by atoms with Crippen LogP contribution in [0.1, 0.15) is 43.4 Å². The fraction of sp³-hybridized carbons (Fsp3) is 0.583. The molecule has 1 aromatic heterocycles. The highest BCUT2D eigenvalue weighted by Crippen LogP contribution is 2.45. The maximum absolute atomic E-state index is 14.2. The average molecular weight is 410 g/mol. The predicted octanol–water partition coefficient (Wildman–Crippen LogP) is 3.63. The SMILES string of the molecule is CN(C)c1ncc2c(n1)C1(CCCN(C3CCN(c4ccccc4F)CC3)C1)CC2. The van der Waals surface area contributed by atoms with Crippen molar-refractivity contribution in [1.82, 2.24) is 14.9 Å². The Morgan fingerprint density at radius 3 is 2.67 bits per heavy atom. The topological polar surface area (TPSA) is 35.5 Å². The molecule has 1 aliphatic carbocycles. The summed E-state index contributed by atoms with van der Waals surface area (Å²) in [5, 5.41) is 0. The third-order valence-corrected chi connectivity index (χ3v) is 7.41. The zero-order valence-electron chi connectivity index (χ0n) is 18.1. The molecule has 5 nitrogen and oxygen atoms in total. The Balaban J connectivity index is 1.30. The maximum atomic E-state index is 14.2. The van der Waals surface area contributed by atoms with Crippen LogP contribution < -0.4 is 9.80 Å². The molecule has 1 unspecified atom stereocenters. The second-order valence-electron chi connectivity index (χ2n) is 9.46. The summed E-state index contributed by atoms with van der Waals surface area (Å²) in [5.74, 6) is 0.720. The molecule has 1 atom stereocenters. The number of halogens is 1. The highest BCUT2D eigenvalue weighted by atomic mass is 19.1. The molecule has 3 aliphatic rings. The van der Waals surface area contributed by atoms with Crippen molar-refractivity contribution in [1.29, 1.82) is 0 Å². The van der Waals surface area contributed by atoms with Gasteiger partial charge in [-0.1, -0.05) is 12.1 Å². The van der Waals surface area contributed by atoms with Crippen LogP contribution in [-0.2, 0) is 11.8 Å². The summed E-state index contributed by atoms with van der Waals surface area (Å²) in [6.45, 7) is 4.14. The lowest BCUT2D eigenvalue weighted by Gasteiger charge is -2.46. The van der Waals surface area contributed by atoms with Crippen LogP contribution in [-0.4, -0.2) is 61.2 Å². The van der Waals surface area contributed by atoms with Gasteiger partial charge in [-0.15, -0.1) is 0 Å². The van der Waals surface area contributed by atoms with Crippen LogP contribution in [0, 0.1) is 5.82 Å². The molecular formula is C24H32FN5. The summed E-state index contributed by atoms with van der Waals surface area (Å²) in [6, 6.07) is 7.76. The van der Waals surface area contributed by atoms with Crippen molar-refractivity contribution in [2.75, 3.05) is 50.1 Å². The van der Waals surface area contributed by atoms with Crippen LogP contribution in [0.4, 0.5) is 16.0 Å². The van der Waals surface area contributed by atoms with Gasteiger partial charge in [0.15, 0.2) is 0 Å². The zero-order valence-corrected chi connectivity index (χ0v) is 18.1. The monoisotopic (exact) mass is 409 g/mol. The summed E-state index contributed by atoms with van der Waals surface area (Å²) >= 11 is 0. The molecule has 1 aromatic carbocycles. The third-order valence-electron chi connectivity index (χ3n) is 7.41. The number of anilines is 2. The Bertz CT molecular complexity index is 904. The third kappa shape index (κ3) is 3.45. The van der Waals surface area contributed by atoms with E-state index in [-0.39, 0.29) is 11.2 Å². The number of aryl methyl sites for hydroxylation is 1. The molecule has 2 fully saturated rings. The van der Waals surface area contributed by atoms with E-state index in [1.54, 1.807) is 12.1 Å². The number of aromatic nitrogens is 2. The highest BCUT2D eigenvalue weighted by molar-refractivity contribution is 5.48. The molecule has 0 saturated carbocycles. The van der Waals surface area contributed by atoms with Crippen LogP contribution in [0.15, 0.2) is 30.5 Å². The number of para-hydroxylation sites is 1. The number of hydrogen-bond acceptors (Lipinski definition) is 5. The Kier molecular flexibility index (Phi) is 5.13. The molecule has 0 radical (unpaired) electrons. The molecular weight excluding hydrogens is 377 g/mol. The van der Waals surface area contributed by atoms with Gasteiger partial charge in [-0.3, -0.25) is 4.90 Å². The van der Waals surface area contributed by atoms with E-state index in [9.17, 15) is 4.39 Å². The normalized spacial score (nSPS) is 25.0. The van der Waals surface area contributed by atoms with Gasteiger partial charge in [0.05, 0.1) is 11.4 Å². The largest absolute Gasteiger partial charge is 0.369 e. The summed E-state index contributed by atoms with van der Waals surface area (Å²) in [5.41, 5.74) is 3.58. The Morgan fingerprint density at radius 2 is 1.90 bits per heavy atom. The number of benzene rings is 1. The molecule has 0 N–H and O–H groups in total. The van der Waals surface area contributed by atoms with Crippen molar-refractivity contribution in [2.24, 2.45) is 0 Å². The van der Waals surface area contributed by atoms with E-state index in [4.69, 9.17) is 4.98 Å². The van der Waals surface area contributed by atoms with E-state index in [1.165, 1.54) is 37.1 Å². The van der Waals surface area contributed by atoms with Crippen molar-refractivity contribution in [3.8, 4) is 0 Å². The van der Waals surface area contributed by atoms with Gasteiger partial charge in [-0.2, -0.15) is 0 Å². The van der Waals surface area contributed by atoms with Gasteiger partial charge in [-0.05, 0) is 62.8 Å². The van der Waals surface area contributed by atoms with Crippen molar-refractivity contribution < 1.29 is 4.39 Å². The number of likely N-dealkylation sites (tertiary alicyclic amines) is 1. The zero-order chi connectivity index (χ0) is 20.7. The van der Waals surface area contributed by atoms with Gasteiger partial charge in [-0.25, -0.2) is 14.4 Å². The fourth-order valence-electron chi connectivity index (χ4n) is 5.80. The minimum absolute atomic E-state index is 0.105. The van der Waals surface area contributed by atoms with Gasteiger partial charge in [0.2, 0.25) is 5.95 Å². The quantitative estimate of drug-likeness (QED) is 0.774. The van der Waals surface area contributed by atoms with E-state index in [2.05, 4.69) is 21.0 Å². The van der Waals surface area contributed by atoms with E-state index < -0.39 is 0 Å². The van der Waals surface area contributed by atoms with Crippen molar-refractivity contribution >= 4 is 11.6 Å². The van der Waals surface area contributed by atoms with Crippen LogP contribution >= 0.6 is 0 Å². The lowest BCUT2D eigenvalue weighted by Crippen LogP contribution is -2.53. The van der Waals surface area contributed by atoms with Crippen molar-refractivity contribution in [3.05, 3.63) is 47.5 Å². The molecule has 3 heterocycles. The van der Waals surface area contributed by atoms with Gasteiger partial charge < -0.3 is 9.80 Å². The molecule has 30 heavy (non-hydrogen) atoms. The molecule has 1 spiro atoms. The molecule has 2 aromatic rings. The first-order chi connectivity index (χ1) is 14.6. The summed E-state index contributed by atoms with van der Waals surface area (Å²) in [7, 11) is 4.03. The molecule has 2 aliphatic heterocycles. The number of fused-ring (bicyclic) bond motifs is 2. The summed E-state index contributed by atoms with van der Waals surface area (Å²) in [4.78, 5) is 16.5. The second-order valence-corrected chi connectivity index (χ2v) is 9.46. The van der Waals surface area contributed by atoms with E-state index in [1.807, 2.05) is 31.1 Å². The lowest BCUT2D eigenvalue weighted by atomic mass is 9.76.